The van der Waals surface area contributed by atoms with Crippen LogP contribution >= 0.6 is 0 Å². The lowest BCUT2D eigenvalue weighted by Crippen LogP contribution is -2.18. The van der Waals surface area contributed by atoms with E-state index in [9.17, 15) is 9.59 Å². The van der Waals surface area contributed by atoms with Gasteiger partial charge >= 0.3 is 5.97 Å². The molecular formula is C15H11N3O3. The number of hydrogen-bond donors (Lipinski definition) is 2. The number of rotatable bonds is 3. The van der Waals surface area contributed by atoms with Gasteiger partial charge in [0.25, 0.3) is 5.91 Å². The van der Waals surface area contributed by atoms with Crippen molar-refractivity contribution in [3.05, 3.63) is 58.9 Å². The van der Waals surface area contributed by atoms with E-state index in [-0.39, 0.29) is 11.3 Å². The van der Waals surface area contributed by atoms with Crippen molar-refractivity contribution >= 4 is 17.6 Å². The second kappa shape index (κ2) is 5.84. The minimum absolute atomic E-state index is 0.174. The summed E-state index contributed by atoms with van der Waals surface area (Å²) in [6, 6.07) is 9.59. The predicted octanol–water partition coefficient (Wildman–Crippen LogP) is 2.21. The van der Waals surface area contributed by atoms with Gasteiger partial charge in [0.2, 0.25) is 0 Å². The molecule has 6 nitrogen and oxygen atoms in total. The van der Waals surface area contributed by atoms with Crippen LogP contribution in [0.5, 0.6) is 0 Å². The van der Waals surface area contributed by atoms with E-state index in [2.05, 4.69) is 10.3 Å². The highest BCUT2D eigenvalue weighted by Gasteiger charge is 2.18. The second-order valence-corrected chi connectivity index (χ2v) is 4.30. The summed E-state index contributed by atoms with van der Waals surface area (Å²) in [6.45, 7) is 1.77. The number of pyridine rings is 1. The van der Waals surface area contributed by atoms with Crippen LogP contribution in [0.2, 0.25) is 0 Å². The standard InChI is InChI=1S/C15H11N3O3/c1-9-4-5-10(8-16)7-12(9)18-14(19)13-11(15(20)21)3-2-6-17-13/h2-7H,1H3,(H,18,19)(H,20,21). The average molecular weight is 281 g/mol. The van der Waals surface area contributed by atoms with Crippen LogP contribution in [0.1, 0.15) is 32.0 Å². The summed E-state index contributed by atoms with van der Waals surface area (Å²) >= 11 is 0. The van der Waals surface area contributed by atoms with Gasteiger partial charge in [0, 0.05) is 11.9 Å². The maximum atomic E-state index is 12.2. The fraction of sp³-hybridized carbons (Fsp3) is 0.0667. The summed E-state index contributed by atoms with van der Waals surface area (Å²) < 4.78 is 0. The van der Waals surface area contributed by atoms with Crippen molar-refractivity contribution in [3.63, 3.8) is 0 Å². The van der Waals surface area contributed by atoms with Crippen molar-refractivity contribution < 1.29 is 14.7 Å². The number of amides is 1. The van der Waals surface area contributed by atoms with Gasteiger partial charge in [-0.25, -0.2) is 4.79 Å². The Balaban J connectivity index is 2.35. The first-order valence-electron chi connectivity index (χ1n) is 6.03. The Hall–Kier alpha value is -3.20. The van der Waals surface area contributed by atoms with Gasteiger partial charge in [-0.1, -0.05) is 6.07 Å². The summed E-state index contributed by atoms with van der Waals surface area (Å²) in [5.41, 5.74) is 1.25. The zero-order valence-electron chi connectivity index (χ0n) is 11.1. The van der Waals surface area contributed by atoms with Crippen LogP contribution < -0.4 is 5.32 Å². The molecule has 6 heteroatoms. The molecule has 1 amide bonds. The number of anilines is 1. The molecule has 0 aliphatic carbocycles. The fourth-order valence-corrected chi connectivity index (χ4v) is 1.77. The van der Waals surface area contributed by atoms with Crippen molar-refractivity contribution in [2.24, 2.45) is 0 Å². The molecule has 2 rings (SSSR count). The Morgan fingerprint density at radius 1 is 1.33 bits per heavy atom. The van der Waals surface area contributed by atoms with Crippen LogP contribution in [0, 0.1) is 18.3 Å². The van der Waals surface area contributed by atoms with Gasteiger partial charge in [-0.2, -0.15) is 5.26 Å². The second-order valence-electron chi connectivity index (χ2n) is 4.30. The number of aromatic nitrogens is 1. The van der Waals surface area contributed by atoms with E-state index in [0.717, 1.165) is 5.56 Å². The third kappa shape index (κ3) is 3.04. The quantitative estimate of drug-likeness (QED) is 0.897. The molecule has 1 heterocycles. The number of carbonyl (C=O) groups excluding carboxylic acids is 1. The summed E-state index contributed by atoms with van der Waals surface area (Å²) in [4.78, 5) is 27.1. The average Bonchev–Trinajstić information content (AvgIpc) is 2.49. The van der Waals surface area contributed by atoms with Crippen molar-refractivity contribution in [1.82, 2.24) is 4.98 Å². The first-order valence-corrected chi connectivity index (χ1v) is 6.03. The smallest absolute Gasteiger partial charge is 0.338 e. The molecule has 0 radical (unpaired) electrons. The summed E-state index contributed by atoms with van der Waals surface area (Å²) in [6.07, 6.45) is 1.35. The number of hydrogen-bond acceptors (Lipinski definition) is 4. The zero-order valence-corrected chi connectivity index (χ0v) is 11.1. The number of nitriles is 1. The van der Waals surface area contributed by atoms with Gasteiger partial charge in [0.15, 0.2) is 0 Å². The van der Waals surface area contributed by atoms with Gasteiger partial charge in [0.05, 0.1) is 17.2 Å². The lowest BCUT2D eigenvalue weighted by atomic mass is 10.1. The zero-order chi connectivity index (χ0) is 15.4. The Bertz CT molecular complexity index is 763. The van der Waals surface area contributed by atoms with Gasteiger partial charge in [-0.15, -0.1) is 0 Å². The Kier molecular flexibility index (Phi) is 3.95. The highest BCUT2D eigenvalue weighted by atomic mass is 16.4. The number of nitrogens with zero attached hydrogens (tertiary/aromatic N) is 2. The lowest BCUT2D eigenvalue weighted by Gasteiger charge is -2.09. The predicted molar refractivity (Wildman–Crippen MR) is 75.0 cm³/mol. The molecule has 0 spiro atoms. The van der Waals surface area contributed by atoms with E-state index >= 15 is 0 Å². The summed E-state index contributed by atoms with van der Waals surface area (Å²) in [7, 11) is 0. The molecule has 0 fully saturated rings. The molecule has 1 aromatic heterocycles. The number of carboxylic acids is 1. The molecule has 104 valence electrons. The van der Waals surface area contributed by atoms with Gasteiger partial charge in [-0.05, 0) is 36.8 Å². The molecule has 0 bridgehead atoms. The molecule has 0 saturated heterocycles. The maximum absolute atomic E-state index is 12.2. The first-order chi connectivity index (χ1) is 10.0. The van der Waals surface area contributed by atoms with Crippen LogP contribution in [-0.2, 0) is 0 Å². The number of carboxylic acid groups (broad SMARTS) is 1. The Morgan fingerprint density at radius 3 is 2.76 bits per heavy atom. The monoisotopic (exact) mass is 281 g/mol. The van der Waals surface area contributed by atoms with Crippen LogP contribution in [0.25, 0.3) is 0 Å². The topological polar surface area (TPSA) is 103 Å². The molecule has 2 aromatic rings. The normalized spacial score (nSPS) is 9.71. The SMILES string of the molecule is Cc1ccc(C#N)cc1NC(=O)c1ncccc1C(=O)O. The summed E-state index contributed by atoms with van der Waals surface area (Å²) in [5.74, 6) is -1.86. The van der Waals surface area contributed by atoms with Crippen molar-refractivity contribution in [2.75, 3.05) is 5.32 Å². The maximum Gasteiger partial charge on any atom is 0.338 e. The van der Waals surface area contributed by atoms with Gasteiger partial charge in [-0.3, -0.25) is 9.78 Å². The largest absolute Gasteiger partial charge is 0.478 e. The van der Waals surface area contributed by atoms with E-state index in [1.54, 1.807) is 19.1 Å². The third-order valence-electron chi connectivity index (χ3n) is 2.87. The highest BCUT2D eigenvalue weighted by molar-refractivity contribution is 6.09. The van der Waals surface area contributed by atoms with Gasteiger partial charge < -0.3 is 10.4 Å². The van der Waals surface area contributed by atoms with Crippen LogP contribution in [0.15, 0.2) is 36.5 Å². The lowest BCUT2D eigenvalue weighted by molar-refractivity contribution is 0.0691. The molecule has 21 heavy (non-hydrogen) atoms. The third-order valence-corrected chi connectivity index (χ3v) is 2.87. The van der Waals surface area contributed by atoms with Crippen molar-refractivity contribution in [3.8, 4) is 6.07 Å². The molecule has 1 aromatic carbocycles. The van der Waals surface area contributed by atoms with Gasteiger partial charge in [0.1, 0.15) is 5.69 Å². The minimum atomic E-state index is -1.23. The molecule has 0 aliphatic rings. The Morgan fingerprint density at radius 2 is 2.10 bits per heavy atom. The van der Waals surface area contributed by atoms with E-state index in [4.69, 9.17) is 10.4 Å². The number of benzene rings is 1. The van der Waals surface area contributed by atoms with Crippen molar-refractivity contribution in [1.29, 1.82) is 5.26 Å². The highest BCUT2D eigenvalue weighted by Crippen LogP contribution is 2.18. The fourth-order valence-electron chi connectivity index (χ4n) is 1.77. The van der Waals surface area contributed by atoms with Crippen LogP contribution in [0.3, 0.4) is 0 Å². The summed E-state index contributed by atoms with van der Waals surface area (Å²) in [5, 5.41) is 20.5. The van der Waals surface area contributed by atoms with E-state index < -0.39 is 11.9 Å². The van der Waals surface area contributed by atoms with E-state index in [0.29, 0.717) is 11.3 Å². The van der Waals surface area contributed by atoms with Crippen LogP contribution in [0.4, 0.5) is 5.69 Å². The molecule has 0 atom stereocenters. The van der Waals surface area contributed by atoms with E-state index in [1.807, 2.05) is 6.07 Å². The molecule has 0 saturated carbocycles. The first kappa shape index (κ1) is 14.2. The molecular weight excluding hydrogens is 270 g/mol. The number of aromatic carboxylic acids is 1. The number of carbonyl (C=O) groups is 2. The molecule has 2 N–H and O–H groups in total. The van der Waals surface area contributed by atoms with Crippen LogP contribution in [-0.4, -0.2) is 22.0 Å². The Labute approximate surface area is 120 Å². The minimum Gasteiger partial charge on any atom is -0.478 e. The van der Waals surface area contributed by atoms with Crippen molar-refractivity contribution in [2.45, 2.75) is 6.92 Å². The number of aryl methyl sites for hydroxylation is 1. The molecule has 0 aliphatic heterocycles. The molecule has 0 unspecified atom stereocenters. The van der Waals surface area contributed by atoms with E-state index in [1.165, 1.54) is 24.4 Å². The number of nitrogens with one attached hydrogen (secondary N) is 1.